The zero-order valence-corrected chi connectivity index (χ0v) is 13.5. The molecule has 1 N–H and O–H groups in total. The highest BCUT2D eigenvalue weighted by molar-refractivity contribution is 5.68. The molecule has 3 heteroatoms. The molecule has 1 rings (SSSR count). The Morgan fingerprint density at radius 3 is 1.74 bits per heavy atom. The van der Waals surface area contributed by atoms with E-state index in [9.17, 15) is 9.90 Å². The minimum atomic E-state index is -0.666. The van der Waals surface area contributed by atoms with Gasteiger partial charge in [-0.2, -0.15) is 0 Å². The van der Waals surface area contributed by atoms with Crippen LogP contribution in [0, 0.1) is 10.8 Å². The van der Waals surface area contributed by atoms with E-state index in [2.05, 4.69) is 46.4 Å². The van der Waals surface area contributed by atoms with E-state index in [0.717, 1.165) is 25.9 Å². The number of rotatable bonds is 5. The van der Waals surface area contributed by atoms with Crippen LogP contribution in [-0.4, -0.2) is 34.6 Å². The maximum Gasteiger partial charge on any atom is 0.305 e. The topological polar surface area (TPSA) is 40.5 Å². The molecule has 0 amide bonds. The predicted octanol–water partition coefficient (Wildman–Crippen LogP) is 3.78. The first-order chi connectivity index (χ1) is 8.56. The molecule has 0 radical (unpaired) electrons. The van der Waals surface area contributed by atoms with E-state index in [-0.39, 0.29) is 22.8 Å². The Morgan fingerprint density at radius 2 is 1.42 bits per heavy atom. The van der Waals surface area contributed by atoms with Gasteiger partial charge in [-0.1, -0.05) is 41.5 Å². The molecule has 112 valence electrons. The van der Waals surface area contributed by atoms with Crippen LogP contribution in [0.5, 0.6) is 0 Å². The molecule has 0 heterocycles. The first kappa shape index (κ1) is 16.5. The second kappa shape index (κ2) is 5.43. The third-order valence-corrected chi connectivity index (χ3v) is 4.49. The Morgan fingerprint density at radius 1 is 1.00 bits per heavy atom. The van der Waals surface area contributed by atoms with E-state index < -0.39 is 5.97 Å². The number of carboxylic acid groups (broad SMARTS) is 1. The summed E-state index contributed by atoms with van der Waals surface area (Å²) in [6.45, 7) is 15.3. The molecule has 0 aromatic heterocycles. The number of aliphatic carboxylic acids is 1. The van der Waals surface area contributed by atoms with Gasteiger partial charge in [0.15, 0.2) is 0 Å². The average Bonchev–Trinajstić information content (AvgIpc) is 2.11. The van der Waals surface area contributed by atoms with Crippen molar-refractivity contribution in [2.24, 2.45) is 10.8 Å². The van der Waals surface area contributed by atoms with Crippen LogP contribution in [0.15, 0.2) is 0 Å². The number of hydrogen-bond donors (Lipinski definition) is 1. The molecule has 1 fully saturated rings. The van der Waals surface area contributed by atoms with E-state index in [1.54, 1.807) is 0 Å². The summed E-state index contributed by atoms with van der Waals surface area (Å²) in [6, 6.07) is 0. The smallest absolute Gasteiger partial charge is 0.305 e. The van der Waals surface area contributed by atoms with Crippen LogP contribution in [0.1, 0.15) is 67.2 Å². The monoisotopic (exact) mass is 269 g/mol. The highest BCUT2D eigenvalue weighted by atomic mass is 16.4. The van der Waals surface area contributed by atoms with E-state index in [4.69, 9.17) is 0 Å². The Bertz CT molecular complexity index is 314. The van der Waals surface area contributed by atoms with Gasteiger partial charge in [-0.3, -0.25) is 9.69 Å². The van der Waals surface area contributed by atoms with Crippen LogP contribution in [0.3, 0.4) is 0 Å². The summed E-state index contributed by atoms with van der Waals surface area (Å²) in [5.74, 6) is -0.666. The molecule has 1 saturated carbocycles. The van der Waals surface area contributed by atoms with Gasteiger partial charge in [-0.05, 0) is 43.2 Å². The fraction of sp³-hybridized carbons (Fsp3) is 0.938. The molecule has 0 unspecified atom stereocenters. The van der Waals surface area contributed by atoms with Gasteiger partial charge in [-0.25, -0.2) is 0 Å². The molecular formula is C16H31NO2. The standard InChI is InChI=1S/C16H31NO2/c1-7-17(8-2)16(9-13(18)19)11-14(3,4)10-15(5,6)12-16/h7-12H2,1-6H3,(H,18,19). The zero-order chi connectivity index (χ0) is 14.9. The largest absolute Gasteiger partial charge is 0.481 e. The lowest BCUT2D eigenvalue weighted by atomic mass is 9.57. The van der Waals surface area contributed by atoms with Crippen molar-refractivity contribution in [1.29, 1.82) is 0 Å². The van der Waals surface area contributed by atoms with Crippen LogP contribution in [0.4, 0.5) is 0 Å². The lowest BCUT2D eigenvalue weighted by molar-refractivity contribution is -0.144. The fourth-order valence-electron chi connectivity index (χ4n) is 4.90. The van der Waals surface area contributed by atoms with Gasteiger partial charge < -0.3 is 5.11 Å². The van der Waals surface area contributed by atoms with Crippen molar-refractivity contribution in [3.8, 4) is 0 Å². The molecule has 19 heavy (non-hydrogen) atoms. The number of carboxylic acids is 1. The molecule has 1 aliphatic carbocycles. The van der Waals surface area contributed by atoms with Crippen molar-refractivity contribution < 1.29 is 9.90 Å². The summed E-state index contributed by atoms with van der Waals surface area (Å²) in [6.07, 6.45) is 3.40. The van der Waals surface area contributed by atoms with Crippen molar-refractivity contribution in [2.75, 3.05) is 13.1 Å². The maximum atomic E-state index is 11.4. The maximum absolute atomic E-state index is 11.4. The normalized spacial score (nSPS) is 24.4. The molecule has 0 atom stereocenters. The van der Waals surface area contributed by atoms with Crippen molar-refractivity contribution in [3.63, 3.8) is 0 Å². The predicted molar refractivity (Wildman–Crippen MR) is 79.3 cm³/mol. The lowest BCUT2D eigenvalue weighted by Gasteiger charge is -2.56. The van der Waals surface area contributed by atoms with Crippen molar-refractivity contribution in [2.45, 2.75) is 72.8 Å². The van der Waals surface area contributed by atoms with E-state index in [0.29, 0.717) is 0 Å². The summed E-state index contributed by atoms with van der Waals surface area (Å²) in [5, 5.41) is 9.38. The minimum absolute atomic E-state index is 0.180. The third kappa shape index (κ3) is 3.95. The average molecular weight is 269 g/mol. The van der Waals surface area contributed by atoms with Crippen LogP contribution in [0.25, 0.3) is 0 Å². The lowest BCUT2D eigenvalue weighted by Crippen LogP contribution is -2.57. The second-order valence-corrected chi connectivity index (χ2v) is 7.83. The number of hydrogen-bond acceptors (Lipinski definition) is 2. The molecule has 0 spiro atoms. The van der Waals surface area contributed by atoms with E-state index in [1.165, 1.54) is 6.42 Å². The van der Waals surface area contributed by atoms with Gasteiger partial charge in [0.05, 0.1) is 6.42 Å². The van der Waals surface area contributed by atoms with Gasteiger partial charge in [0, 0.05) is 5.54 Å². The van der Waals surface area contributed by atoms with Crippen LogP contribution < -0.4 is 0 Å². The van der Waals surface area contributed by atoms with Crippen molar-refractivity contribution >= 4 is 5.97 Å². The van der Waals surface area contributed by atoms with Gasteiger partial charge >= 0.3 is 5.97 Å². The summed E-state index contributed by atoms with van der Waals surface area (Å²) in [7, 11) is 0. The van der Waals surface area contributed by atoms with E-state index >= 15 is 0 Å². The van der Waals surface area contributed by atoms with E-state index in [1.807, 2.05) is 0 Å². The molecule has 0 aromatic carbocycles. The molecule has 0 saturated heterocycles. The zero-order valence-electron chi connectivity index (χ0n) is 13.5. The Labute approximate surface area is 118 Å². The van der Waals surface area contributed by atoms with Crippen LogP contribution in [0.2, 0.25) is 0 Å². The highest BCUT2D eigenvalue weighted by Gasteiger charge is 2.50. The SMILES string of the molecule is CCN(CC)C1(CC(=O)O)CC(C)(C)CC(C)(C)C1. The Kier molecular flexibility index (Phi) is 4.71. The minimum Gasteiger partial charge on any atom is -0.481 e. The molecule has 0 aromatic rings. The van der Waals surface area contributed by atoms with Gasteiger partial charge in [0.25, 0.3) is 0 Å². The fourth-order valence-corrected chi connectivity index (χ4v) is 4.90. The van der Waals surface area contributed by atoms with Crippen LogP contribution in [-0.2, 0) is 4.79 Å². The summed E-state index contributed by atoms with van der Waals surface area (Å²) >= 11 is 0. The summed E-state index contributed by atoms with van der Waals surface area (Å²) in [4.78, 5) is 13.8. The molecular weight excluding hydrogens is 238 g/mol. The summed E-state index contributed by atoms with van der Waals surface area (Å²) < 4.78 is 0. The van der Waals surface area contributed by atoms with Crippen LogP contribution >= 0.6 is 0 Å². The van der Waals surface area contributed by atoms with Gasteiger partial charge in [0.1, 0.15) is 0 Å². The Balaban J connectivity index is 3.17. The quantitative estimate of drug-likeness (QED) is 0.825. The first-order valence-corrected chi connectivity index (χ1v) is 7.53. The highest BCUT2D eigenvalue weighted by Crippen LogP contribution is 2.53. The van der Waals surface area contributed by atoms with Gasteiger partial charge in [0.2, 0.25) is 0 Å². The third-order valence-electron chi connectivity index (χ3n) is 4.49. The van der Waals surface area contributed by atoms with Crippen molar-refractivity contribution in [1.82, 2.24) is 4.90 Å². The second-order valence-electron chi connectivity index (χ2n) is 7.83. The number of nitrogens with zero attached hydrogens (tertiary/aromatic N) is 1. The Hall–Kier alpha value is -0.570. The molecule has 3 nitrogen and oxygen atoms in total. The van der Waals surface area contributed by atoms with Crippen molar-refractivity contribution in [3.05, 3.63) is 0 Å². The molecule has 0 bridgehead atoms. The summed E-state index contributed by atoms with van der Waals surface area (Å²) in [5.41, 5.74) is 0.236. The molecule has 1 aliphatic rings. The number of carbonyl (C=O) groups is 1. The molecule has 0 aliphatic heterocycles. The first-order valence-electron chi connectivity index (χ1n) is 7.53. The van der Waals surface area contributed by atoms with Gasteiger partial charge in [-0.15, -0.1) is 0 Å².